The standard InChI is InChI=1S/C26H25N3O7/c1-14(23(30)15-7-11-20(36-2)12-8-15)27(24(31)16-5-9-19(10-6-16)29(34)35)28-25(32)21-17-3-4-18(13-17)22(21)26(28)33/h5-12,14,17-18,21-22H,3-4,13H2,1-2H3/t14-,17-,18-,21+,22+/m0/s1. The van der Waals surface area contributed by atoms with Crippen molar-refractivity contribution in [3.63, 3.8) is 0 Å². The lowest BCUT2D eigenvalue weighted by Crippen LogP contribution is -2.56. The molecule has 5 rings (SSSR count). The maximum atomic E-state index is 13.7. The van der Waals surface area contributed by atoms with E-state index in [-0.39, 0.29) is 28.7 Å². The lowest BCUT2D eigenvalue weighted by atomic mass is 9.81. The fourth-order valence-corrected chi connectivity index (χ4v) is 6.01. The molecule has 5 atom stereocenters. The van der Waals surface area contributed by atoms with Crippen LogP contribution < -0.4 is 4.74 Å². The lowest BCUT2D eigenvalue weighted by Gasteiger charge is -2.35. The lowest BCUT2D eigenvalue weighted by molar-refractivity contribution is -0.384. The molecule has 1 saturated heterocycles. The molecular formula is C26H25N3O7. The normalized spacial score (nSPS) is 25.0. The zero-order valence-corrected chi connectivity index (χ0v) is 19.8. The first kappa shape index (κ1) is 23.7. The van der Waals surface area contributed by atoms with Crippen molar-refractivity contribution in [3.05, 3.63) is 69.8 Å². The summed E-state index contributed by atoms with van der Waals surface area (Å²) in [6, 6.07) is 9.98. The van der Waals surface area contributed by atoms with Crippen molar-refractivity contribution >= 4 is 29.2 Å². The van der Waals surface area contributed by atoms with Gasteiger partial charge in [-0.05, 0) is 74.4 Å². The third-order valence-electron chi connectivity index (χ3n) is 7.77. The first-order chi connectivity index (χ1) is 17.2. The molecule has 36 heavy (non-hydrogen) atoms. The number of amides is 3. The summed E-state index contributed by atoms with van der Waals surface area (Å²) >= 11 is 0. The summed E-state index contributed by atoms with van der Waals surface area (Å²) in [5, 5.41) is 12.9. The third kappa shape index (κ3) is 3.64. The minimum atomic E-state index is -1.19. The summed E-state index contributed by atoms with van der Waals surface area (Å²) in [7, 11) is 1.50. The molecule has 1 aliphatic heterocycles. The molecule has 3 fully saturated rings. The zero-order chi connectivity index (χ0) is 25.7. The molecular weight excluding hydrogens is 466 g/mol. The van der Waals surface area contributed by atoms with E-state index in [0.717, 1.165) is 29.3 Å². The van der Waals surface area contributed by atoms with Crippen molar-refractivity contribution in [2.24, 2.45) is 23.7 Å². The van der Waals surface area contributed by atoms with Crippen LogP contribution in [0.4, 0.5) is 5.69 Å². The van der Waals surface area contributed by atoms with Crippen LogP contribution in [0, 0.1) is 33.8 Å². The number of benzene rings is 2. The summed E-state index contributed by atoms with van der Waals surface area (Å²) in [5.74, 6) is -2.34. The molecule has 0 radical (unpaired) electrons. The molecule has 0 aromatic heterocycles. The number of hydrogen-bond donors (Lipinski definition) is 0. The van der Waals surface area contributed by atoms with E-state index < -0.39 is 46.3 Å². The van der Waals surface area contributed by atoms with Crippen LogP contribution in [-0.4, -0.2) is 51.6 Å². The van der Waals surface area contributed by atoms with Crippen LogP contribution in [-0.2, 0) is 9.59 Å². The Morgan fingerprint density at radius 1 is 0.972 bits per heavy atom. The van der Waals surface area contributed by atoms with Crippen LogP contribution in [0.5, 0.6) is 5.75 Å². The Labute approximate surface area is 206 Å². The van der Waals surface area contributed by atoms with Gasteiger partial charge in [-0.2, -0.15) is 5.01 Å². The molecule has 10 heteroatoms. The molecule has 10 nitrogen and oxygen atoms in total. The Balaban J connectivity index is 1.52. The highest BCUT2D eigenvalue weighted by Crippen LogP contribution is 2.56. The molecule has 3 aliphatic rings. The second kappa shape index (κ2) is 8.85. The summed E-state index contributed by atoms with van der Waals surface area (Å²) in [5.41, 5.74) is 0.0969. The van der Waals surface area contributed by atoms with Crippen LogP contribution >= 0.6 is 0 Å². The second-order valence-electron chi connectivity index (χ2n) is 9.60. The molecule has 186 valence electrons. The predicted octanol–water partition coefficient (Wildman–Crippen LogP) is 3.26. The van der Waals surface area contributed by atoms with Gasteiger partial charge in [0.2, 0.25) is 0 Å². The Hall–Kier alpha value is -4.08. The quantitative estimate of drug-likeness (QED) is 0.252. The molecule has 3 amide bonds. The topological polar surface area (TPSA) is 127 Å². The maximum Gasteiger partial charge on any atom is 0.273 e. The molecule has 2 saturated carbocycles. The van der Waals surface area contributed by atoms with Gasteiger partial charge in [0, 0.05) is 23.3 Å². The Bertz CT molecular complexity index is 1230. The first-order valence-corrected chi connectivity index (χ1v) is 11.9. The molecule has 2 aliphatic carbocycles. The fourth-order valence-electron chi connectivity index (χ4n) is 6.01. The SMILES string of the molecule is COc1ccc(C(=O)[C@H](C)N(C(=O)c2ccc([N+](=O)[O-])cc2)N2C(=O)[C@@H]3[C@H]4CC[C@@H](C4)[C@H]3C2=O)cc1. The molecule has 0 unspecified atom stereocenters. The van der Waals surface area contributed by atoms with Gasteiger partial charge in [-0.25, -0.2) is 5.01 Å². The van der Waals surface area contributed by atoms with E-state index in [2.05, 4.69) is 0 Å². The van der Waals surface area contributed by atoms with Crippen LogP contribution in [0.2, 0.25) is 0 Å². The van der Waals surface area contributed by atoms with Crippen LogP contribution in [0.1, 0.15) is 46.9 Å². The van der Waals surface area contributed by atoms with Crippen molar-refractivity contribution in [2.75, 3.05) is 7.11 Å². The maximum absolute atomic E-state index is 13.7. The summed E-state index contributed by atoms with van der Waals surface area (Å²) < 4.78 is 5.14. The van der Waals surface area contributed by atoms with Gasteiger partial charge in [0.15, 0.2) is 5.78 Å². The summed E-state index contributed by atoms with van der Waals surface area (Å²) in [4.78, 5) is 64.7. The molecule has 0 N–H and O–H groups in total. The van der Waals surface area contributed by atoms with E-state index in [1.54, 1.807) is 24.3 Å². The highest BCUT2D eigenvalue weighted by atomic mass is 16.6. The monoisotopic (exact) mass is 491 g/mol. The van der Waals surface area contributed by atoms with E-state index in [9.17, 15) is 29.3 Å². The van der Waals surface area contributed by atoms with Gasteiger partial charge in [-0.3, -0.25) is 29.3 Å². The number of nitro groups is 1. The number of hydrogen-bond acceptors (Lipinski definition) is 7. The van der Waals surface area contributed by atoms with Crippen molar-refractivity contribution in [3.8, 4) is 5.75 Å². The zero-order valence-electron chi connectivity index (χ0n) is 19.8. The number of nitrogens with zero attached hydrogens (tertiary/aromatic N) is 3. The average molecular weight is 492 g/mol. The fraction of sp³-hybridized carbons (Fsp3) is 0.385. The minimum absolute atomic E-state index is 0.0237. The molecule has 2 aromatic rings. The van der Waals surface area contributed by atoms with Gasteiger partial charge >= 0.3 is 0 Å². The number of ketones is 1. The van der Waals surface area contributed by atoms with Gasteiger partial charge < -0.3 is 4.74 Å². The minimum Gasteiger partial charge on any atom is -0.497 e. The number of non-ortho nitro benzene ring substituents is 1. The molecule has 1 heterocycles. The number of carbonyl (C=O) groups excluding carboxylic acids is 4. The number of rotatable bonds is 7. The molecule has 2 bridgehead atoms. The Kier molecular flexibility index (Phi) is 5.82. The van der Waals surface area contributed by atoms with Gasteiger partial charge in [-0.1, -0.05) is 0 Å². The third-order valence-corrected chi connectivity index (χ3v) is 7.77. The number of methoxy groups -OCH3 is 1. The second-order valence-corrected chi connectivity index (χ2v) is 9.60. The summed E-state index contributed by atoms with van der Waals surface area (Å²) in [6.45, 7) is 1.47. The number of hydrazine groups is 1. The Morgan fingerprint density at radius 3 is 2.00 bits per heavy atom. The first-order valence-electron chi connectivity index (χ1n) is 11.9. The van der Waals surface area contributed by atoms with Gasteiger partial charge in [-0.15, -0.1) is 0 Å². The van der Waals surface area contributed by atoms with Crippen molar-refractivity contribution < 1.29 is 28.8 Å². The van der Waals surface area contributed by atoms with E-state index in [1.807, 2.05) is 0 Å². The molecule has 0 spiro atoms. The van der Waals surface area contributed by atoms with E-state index in [1.165, 1.54) is 38.3 Å². The van der Waals surface area contributed by atoms with Crippen LogP contribution in [0.15, 0.2) is 48.5 Å². The number of ether oxygens (including phenoxy) is 1. The van der Waals surface area contributed by atoms with Crippen LogP contribution in [0.25, 0.3) is 0 Å². The molecule has 2 aromatic carbocycles. The average Bonchev–Trinajstić information content (AvgIpc) is 3.58. The van der Waals surface area contributed by atoms with Gasteiger partial charge in [0.05, 0.1) is 23.9 Å². The van der Waals surface area contributed by atoms with Crippen LogP contribution in [0.3, 0.4) is 0 Å². The Morgan fingerprint density at radius 2 is 1.50 bits per heavy atom. The van der Waals surface area contributed by atoms with Crippen molar-refractivity contribution in [1.29, 1.82) is 0 Å². The van der Waals surface area contributed by atoms with E-state index in [0.29, 0.717) is 5.75 Å². The smallest absolute Gasteiger partial charge is 0.273 e. The highest BCUT2D eigenvalue weighted by molar-refractivity contribution is 6.10. The van der Waals surface area contributed by atoms with Crippen molar-refractivity contribution in [1.82, 2.24) is 10.0 Å². The number of nitro benzene ring substituents is 1. The van der Waals surface area contributed by atoms with Crippen molar-refractivity contribution in [2.45, 2.75) is 32.2 Å². The predicted molar refractivity (Wildman–Crippen MR) is 126 cm³/mol. The highest BCUT2D eigenvalue weighted by Gasteiger charge is 2.63. The summed E-state index contributed by atoms with van der Waals surface area (Å²) in [6.07, 6.45) is 2.57. The number of imide groups is 1. The van der Waals surface area contributed by atoms with E-state index >= 15 is 0 Å². The number of fused-ring (bicyclic) bond motifs is 5. The number of carbonyl (C=O) groups is 4. The van der Waals surface area contributed by atoms with E-state index in [4.69, 9.17) is 4.74 Å². The van der Waals surface area contributed by atoms with Gasteiger partial charge in [0.1, 0.15) is 11.8 Å². The largest absolute Gasteiger partial charge is 0.497 e. The van der Waals surface area contributed by atoms with Gasteiger partial charge in [0.25, 0.3) is 23.4 Å². The number of Topliss-reactive ketones (excluding diaryl/α,β-unsaturated/α-hetero) is 1.